The molecule has 6 nitrogen and oxygen atoms in total. The van der Waals surface area contributed by atoms with Crippen LogP contribution in [0.3, 0.4) is 0 Å². The second-order valence-corrected chi connectivity index (χ2v) is 5.12. The number of benzene rings is 1. The van der Waals surface area contributed by atoms with Crippen molar-refractivity contribution in [3.63, 3.8) is 0 Å². The summed E-state index contributed by atoms with van der Waals surface area (Å²) in [6.07, 6.45) is 2.89. The number of halogens is 1. The maximum absolute atomic E-state index is 12.1. The molecule has 2 N–H and O–H groups in total. The van der Waals surface area contributed by atoms with E-state index in [0.717, 1.165) is 5.69 Å². The Hall–Kier alpha value is -2.86. The van der Waals surface area contributed by atoms with Gasteiger partial charge in [-0.05, 0) is 36.4 Å². The molecule has 2 heterocycles. The van der Waals surface area contributed by atoms with Gasteiger partial charge in [0.15, 0.2) is 0 Å². The summed E-state index contributed by atoms with van der Waals surface area (Å²) in [5.74, 6) is 0.889. The number of aromatic nitrogens is 2. The van der Waals surface area contributed by atoms with Gasteiger partial charge in [-0.1, -0.05) is 11.6 Å². The van der Waals surface area contributed by atoms with Crippen molar-refractivity contribution < 1.29 is 9.21 Å². The van der Waals surface area contributed by atoms with Gasteiger partial charge in [-0.15, -0.1) is 0 Å². The summed E-state index contributed by atoms with van der Waals surface area (Å²) in [5, 5.41) is 6.47. The van der Waals surface area contributed by atoms with E-state index < -0.39 is 0 Å². The lowest BCUT2D eigenvalue weighted by Gasteiger charge is -2.07. The molecule has 3 rings (SSSR count). The number of amides is 1. The van der Waals surface area contributed by atoms with E-state index in [2.05, 4.69) is 20.6 Å². The van der Waals surface area contributed by atoms with Crippen LogP contribution in [-0.2, 0) is 6.54 Å². The first kappa shape index (κ1) is 15.1. The Labute approximate surface area is 137 Å². The van der Waals surface area contributed by atoms with Crippen LogP contribution in [0.4, 0.5) is 11.5 Å². The van der Waals surface area contributed by atoms with Gasteiger partial charge < -0.3 is 15.1 Å². The number of hydrogen-bond acceptors (Lipinski definition) is 5. The number of furan rings is 1. The molecule has 2 aromatic heterocycles. The Bertz CT molecular complexity index is 788. The Morgan fingerprint density at radius 2 is 2.00 bits per heavy atom. The molecule has 0 aliphatic heterocycles. The standard InChI is InChI=1S/C16H13ClN4O2/c17-11-3-5-12(6-4-11)21-15-8-14(19-10-20-15)16(22)18-9-13-2-1-7-23-13/h1-8,10H,9H2,(H,18,22)(H,19,20,21). The third-order valence-corrected chi connectivity index (χ3v) is 3.27. The molecule has 1 aromatic carbocycles. The average Bonchev–Trinajstić information content (AvgIpc) is 3.08. The molecular weight excluding hydrogens is 316 g/mol. The van der Waals surface area contributed by atoms with Crippen LogP contribution < -0.4 is 10.6 Å². The van der Waals surface area contributed by atoms with E-state index in [0.29, 0.717) is 23.1 Å². The molecule has 0 fully saturated rings. The predicted molar refractivity (Wildman–Crippen MR) is 86.6 cm³/mol. The highest BCUT2D eigenvalue weighted by Crippen LogP contribution is 2.17. The first-order valence-corrected chi connectivity index (χ1v) is 7.24. The van der Waals surface area contributed by atoms with E-state index in [1.165, 1.54) is 6.33 Å². The molecule has 0 unspecified atom stereocenters. The van der Waals surface area contributed by atoms with Crippen molar-refractivity contribution >= 4 is 29.0 Å². The second kappa shape index (κ2) is 6.93. The Balaban J connectivity index is 1.66. The molecular formula is C16H13ClN4O2. The minimum atomic E-state index is -0.303. The normalized spacial score (nSPS) is 10.3. The van der Waals surface area contributed by atoms with Crippen LogP contribution in [0.15, 0.2) is 59.5 Å². The Kier molecular flexibility index (Phi) is 4.54. The summed E-state index contributed by atoms with van der Waals surface area (Å²) in [4.78, 5) is 20.2. The third kappa shape index (κ3) is 4.08. The minimum absolute atomic E-state index is 0.267. The number of nitrogens with zero attached hydrogens (tertiary/aromatic N) is 2. The Morgan fingerprint density at radius 3 is 2.74 bits per heavy atom. The Morgan fingerprint density at radius 1 is 1.17 bits per heavy atom. The van der Waals surface area contributed by atoms with E-state index in [1.807, 2.05) is 12.1 Å². The molecule has 23 heavy (non-hydrogen) atoms. The highest BCUT2D eigenvalue weighted by atomic mass is 35.5. The SMILES string of the molecule is O=C(NCc1ccco1)c1cc(Nc2ccc(Cl)cc2)ncn1. The van der Waals surface area contributed by atoms with E-state index in [1.54, 1.807) is 36.6 Å². The van der Waals surface area contributed by atoms with Gasteiger partial charge in [-0.3, -0.25) is 4.79 Å². The highest BCUT2D eigenvalue weighted by molar-refractivity contribution is 6.30. The van der Waals surface area contributed by atoms with Crippen molar-refractivity contribution in [2.75, 3.05) is 5.32 Å². The smallest absolute Gasteiger partial charge is 0.270 e. The lowest BCUT2D eigenvalue weighted by atomic mass is 10.3. The van der Waals surface area contributed by atoms with Crippen molar-refractivity contribution in [3.8, 4) is 0 Å². The number of nitrogens with one attached hydrogen (secondary N) is 2. The number of hydrogen-bond donors (Lipinski definition) is 2. The first-order valence-electron chi connectivity index (χ1n) is 6.86. The molecule has 0 bridgehead atoms. The van der Waals surface area contributed by atoms with E-state index in [4.69, 9.17) is 16.0 Å². The molecule has 0 atom stereocenters. The van der Waals surface area contributed by atoms with Gasteiger partial charge in [0.2, 0.25) is 0 Å². The van der Waals surface area contributed by atoms with Crippen LogP contribution in [0.2, 0.25) is 5.02 Å². The fourth-order valence-electron chi connectivity index (χ4n) is 1.90. The maximum atomic E-state index is 12.1. The van der Waals surface area contributed by atoms with Crippen molar-refractivity contribution in [1.82, 2.24) is 15.3 Å². The summed E-state index contributed by atoms with van der Waals surface area (Å²) in [6.45, 7) is 0.301. The summed E-state index contributed by atoms with van der Waals surface area (Å²) in [5.41, 5.74) is 1.08. The van der Waals surface area contributed by atoms with Gasteiger partial charge in [0, 0.05) is 16.8 Å². The summed E-state index contributed by atoms with van der Waals surface area (Å²) in [6, 6.07) is 12.3. The van der Waals surface area contributed by atoms with Crippen LogP contribution in [-0.4, -0.2) is 15.9 Å². The van der Waals surface area contributed by atoms with Gasteiger partial charge in [0.05, 0.1) is 12.8 Å². The minimum Gasteiger partial charge on any atom is -0.467 e. The quantitative estimate of drug-likeness (QED) is 0.750. The van der Waals surface area contributed by atoms with Gasteiger partial charge in [-0.25, -0.2) is 9.97 Å². The third-order valence-electron chi connectivity index (χ3n) is 3.02. The molecule has 0 saturated heterocycles. The number of carbonyl (C=O) groups is 1. The van der Waals surface area contributed by atoms with Gasteiger partial charge in [0.25, 0.3) is 5.91 Å². The fourth-order valence-corrected chi connectivity index (χ4v) is 2.03. The van der Waals surface area contributed by atoms with Gasteiger partial charge in [0.1, 0.15) is 23.6 Å². The topological polar surface area (TPSA) is 80.0 Å². The predicted octanol–water partition coefficient (Wildman–Crippen LogP) is 3.40. The lowest BCUT2D eigenvalue weighted by Crippen LogP contribution is -2.23. The summed E-state index contributed by atoms with van der Waals surface area (Å²) < 4.78 is 5.16. The van der Waals surface area contributed by atoms with Crippen molar-refractivity contribution in [2.45, 2.75) is 6.54 Å². The van der Waals surface area contributed by atoms with Crippen LogP contribution in [0.25, 0.3) is 0 Å². The number of carbonyl (C=O) groups excluding carboxylic acids is 1. The maximum Gasteiger partial charge on any atom is 0.270 e. The molecule has 0 aliphatic rings. The van der Waals surface area contributed by atoms with Crippen LogP contribution in [0.1, 0.15) is 16.2 Å². The van der Waals surface area contributed by atoms with Gasteiger partial charge >= 0.3 is 0 Å². The second-order valence-electron chi connectivity index (χ2n) is 4.68. The van der Waals surface area contributed by atoms with Crippen LogP contribution in [0.5, 0.6) is 0 Å². The molecule has 7 heteroatoms. The average molecular weight is 329 g/mol. The summed E-state index contributed by atoms with van der Waals surface area (Å²) in [7, 11) is 0. The number of rotatable bonds is 5. The zero-order valence-electron chi connectivity index (χ0n) is 12.0. The zero-order valence-corrected chi connectivity index (χ0v) is 12.7. The molecule has 0 radical (unpaired) electrons. The monoisotopic (exact) mass is 328 g/mol. The van der Waals surface area contributed by atoms with Gasteiger partial charge in [-0.2, -0.15) is 0 Å². The molecule has 0 spiro atoms. The van der Waals surface area contributed by atoms with E-state index in [-0.39, 0.29) is 11.6 Å². The van der Waals surface area contributed by atoms with Crippen LogP contribution in [0, 0.1) is 0 Å². The van der Waals surface area contributed by atoms with Crippen molar-refractivity contribution in [3.05, 3.63) is 71.5 Å². The molecule has 1 amide bonds. The largest absolute Gasteiger partial charge is 0.467 e. The van der Waals surface area contributed by atoms with Crippen molar-refractivity contribution in [2.24, 2.45) is 0 Å². The zero-order chi connectivity index (χ0) is 16.1. The van der Waals surface area contributed by atoms with Crippen molar-refractivity contribution in [1.29, 1.82) is 0 Å². The fraction of sp³-hybridized carbons (Fsp3) is 0.0625. The first-order chi connectivity index (χ1) is 11.2. The summed E-state index contributed by atoms with van der Waals surface area (Å²) >= 11 is 5.84. The lowest BCUT2D eigenvalue weighted by molar-refractivity contribution is 0.0943. The van der Waals surface area contributed by atoms with Crippen LogP contribution >= 0.6 is 11.6 Å². The molecule has 116 valence electrons. The highest BCUT2D eigenvalue weighted by Gasteiger charge is 2.09. The molecule has 0 aliphatic carbocycles. The number of anilines is 2. The molecule has 3 aromatic rings. The van der Waals surface area contributed by atoms with E-state index >= 15 is 0 Å². The molecule has 0 saturated carbocycles. The van der Waals surface area contributed by atoms with E-state index in [9.17, 15) is 4.79 Å².